The summed E-state index contributed by atoms with van der Waals surface area (Å²) in [6.45, 7) is 5.33. The van der Waals surface area contributed by atoms with Crippen LogP contribution in [0.25, 0.3) is 10.9 Å². The minimum Gasteiger partial charge on any atom is -0.494 e. The summed E-state index contributed by atoms with van der Waals surface area (Å²) in [5, 5.41) is 4.56. The highest BCUT2D eigenvalue weighted by molar-refractivity contribution is 5.84. The minimum absolute atomic E-state index is 0.849. The first-order valence-corrected chi connectivity index (χ1v) is 7.22. The lowest BCUT2D eigenvalue weighted by atomic mass is 10.2. The molecule has 0 bridgehead atoms. The van der Waals surface area contributed by atoms with Crippen molar-refractivity contribution in [3.8, 4) is 5.75 Å². The summed E-state index contributed by atoms with van der Waals surface area (Å²) in [4.78, 5) is 7.25. The lowest BCUT2D eigenvalue weighted by molar-refractivity contribution is 0.281. The van der Waals surface area contributed by atoms with Crippen molar-refractivity contribution in [2.75, 3.05) is 33.3 Å². The van der Waals surface area contributed by atoms with Gasteiger partial charge in [0.25, 0.3) is 0 Å². The van der Waals surface area contributed by atoms with E-state index in [0.717, 1.165) is 55.1 Å². The van der Waals surface area contributed by atoms with Gasteiger partial charge < -0.3 is 10.1 Å². The zero-order valence-corrected chi connectivity index (χ0v) is 11.9. The Morgan fingerprint density at radius 3 is 3.05 bits per heavy atom. The number of methoxy groups -OCH3 is 1. The highest BCUT2D eigenvalue weighted by atomic mass is 16.5. The third kappa shape index (κ3) is 2.92. The molecule has 1 fully saturated rings. The fourth-order valence-electron chi connectivity index (χ4n) is 2.70. The quantitative estimate of drug-likeness (QED) is 0.927. The molecule has 0 unspecified atom stereocenters. The standard InChI is InChI=1S/C16H21N3O/c1-20-15-5-2-4-13-6-7-14(18-16(13)15)12-19-10-3-8-17-9-11-19/h2,4-7,17H,3,8-12H2,1H3. The molecule has 20 heavy (non-hydrogen) atoms. The number of aromatic nitrogens is 1. The van der Waals surface area contributed by atoms with E-state index in [1.165, 1.54) is 6.42 Å². The first kappa shape index (κ1) is 13.3. The SMILES string of the molecule is COc1cccc2ccc(CN3CCCNCC3)nc12. The molecule has 0 spiro atoms. The third-order valence-corrected chi connectivity index (χ3v) is 3.78. The first-order chi connectivity index (χ1) is 9.86. The van der Waals surface area contributed by atoms with Crippen molar-refractivity contribution in [3.63, 3.8) is 0 Å². The summed E-state index contributed by atoms with van der Waals surface area (Å²) >= 11 is 0. The molecule has 0 amide bonds. The van der Waals surface area contributed by atoms with Crippen molar-refractivity contribution >= 4 is 10.9 Å². The molecular weight excluding hydrogens is 250 g/mol. The van der Waals surface area contributed by atoms with Gasteiger partial charge in [-0.1, -0.05) is 18.2 Å². The Morgan fingerprint density at radius 2 is 2.15 bits per heavy atom. The summed E-state index contributed by atoms with van der Waals surface area (Å²) in [5.41, 5.74) is 2.07. The van der Waals surface area contributed by atoms with E-state index in [0.29, 0.717) is 0 Å². The van der Waals surface area contributed by atoms with Crippen LogP contribution < -0.4 is 10.1 Å². The largest absolute Gasteiger partial charge is 0.494 e. The molecule has 0 saturated carbocycles. The van der Waals surface area contributed by atoms with Gasteiger partial charge in [-0.2, -0.15) is 0 Å². The average Bonchev–Trinajstić information content (AvgIpc) is 2.75. The van der Waals surface area contributed by atoms with Gasteiger partial charge in [0.05, 0.1) is 12.8 Å². The summed E-state index contributed by atoms with van der Waals surface area (Å²) in [7, 11) is 1.70. The second-order valence-electron chi connectivity index (χ2n) is 5.21. The van der Waals surface area contributed by atoms with Gasteiger partial charge in [-0.3, -0.25) is 4.90 Å². The topological polar surface area (TPSA) is 37.4 Å². The maximum atomic E-state index is 5.41. The normalized spacial score (nSPS) is 17.1. The van der Waals surface area contributed by atoms with Crippen LogP contribution in [0.5, 0.6) is 5.75 Å². The van der Waals surface area contributed by atoms with Crippen molar-refractivity contribution in [3.05, 3.63) is 36.0 Å². The van der Waals surface area contributed by atoms with Crippen LogP contribution in [0, 0.1) is 0 Å². The lowest BCUT2D eigenvalue weighted by Gasteiger charge is -2.19. The zero-order chi connectivity index (χ0) is 13.8. The molecule has 4 heteroatoms. The van der Waals surface area contributed by atoms with Gasteiger partial charge in [0.2, 0.25) is 0 Å². The molecule has 4 nitrogen and oxygen atoms in total. The molecule has 1 N–H and O–H groups in total. The molecule has 1 aromatic carbocycles. The van der Waals surface area contributed by atoms with Crippen molar-refractivity contribution in [2.45, 2.75) is 13.0 Å². The summed E-state index contributed by atoms with van der Waals surface area (Å²) < 4.78 is 5.41. The van der Waals surface area contributed by atoms with Crippen LogP contribution >= 0.6 is 0 Å². The van der Waals surface area contributed by atoms with E-state index in [2.05, 4.69) is 28.4 Å². The Labute approximate surface area is 119 Å². The highest BCUT2D eigenvalue weighted by Gasteiger charge is 2.11. The molecule has 106 valence electrons. The molecular formula is C16H21N3O. The monoisotopic (exact) mass is 271 g/mol. The van der Waals surface area contributed by atoms with E-state index in [4.69, 9.17) is 9.72 Å². The predicted molar refractivity (Wildman–Crippen MR) is 81.1 cm³/mol. The number of nitrogens with one attached hydrogen (secondary N) is 1. The van der Waals surface area contributed by atoms with Crippen LogP contribution in [0.3, 0.4) is 0 Å². The Hall–Kier alpha value is -1.65. The van der Waals surface area contributed by atoms with Crippen LogP contribution in [-0.2, 0) is 6.54 Å². The Morgan fingerprint density at radius 1 is 1.20 bits per heavy atom. The first-order valence-electron chi connectivity index (χ1n) is 7.22. The fourth-order valence-corrected chi connectivity index (χ4v) is 2.70. The zero-order valence-electron chi connectivity index (χ0n) is 11.9. The maximum Gasteiger partial charge on any atom is 0.145 e. The van der Waals surface area contributed by atoms with E-state index in [1.807, 2.05) is 12.1 Å². The van der Waals surface area contributed by atoms with Gasteiger partial charge in [-0.15, -0.1) is 0 Å². The number of pyridine rings is 1. The molecule has 0 aliphatic carbocycles. The summed E-state index contributed by atoms with van der Waals surface area (Å²) in [6.07, 6.45) is 1.21. The minimum atomic E-state index is 0.849. The van der Waals surface area contributed by atoms with E-state index < -0.39 is 0 Å². The van der Waals surface area contributed by atoms with Gasteiger partial charge in [0, 0.05) is 25.0 Å². The smallest absolute Gasteiger partial charge is 0.145 e. The van der Waals surface area contributed by atoms with Crippen LogP contribution in [0.1, 0.15) is 12.1 Å². The van der Waals surface area contributed by atoms with Gasteiger partial charge in [-0.05, 0) is 31.6 Å². The maximum absolute atomic E-state index is 5.41. The van der Waals surface area contributed by atoms with Gasteiger partial charge in [-0.25, -0.2) is 4.98 Å². The molecule has 1 saturated heterocycles. The van der Waals surface area contributed by atoms with Gasteiger partial charge >= 0.3 is 0 Å². The number of fused-ring (bicyclic) bond motifs is 1. The van der Waals surface area contributed by atoms with Crippen molar-refractivity contribution < 1.29 is 4.74 Å². The Bertz CT molecular complexity index is 577. The highest BCUT2D eigenvalue weighted by Crippen LogP contribution is 2.23. The molecule has 0 atom stereocenters. The number of benzene rings is 1. The predicted octanol–water partition coefficient (Wildman–Crippen LogP) is 2.04. The van der Waals surface area contributed by atoms with E-state index >= 15 is 0 Å². The van der Waals surface area contributed by atoms with E-state index in [1.54, 1.807) is 7.11 Å². The van der Waals surface area contributed by atoms with Crippen LogP contribution in [0.2, 0.25) is 0 Å². The molecule has 1 aliphatic heterocycles. The summed E-state index contributed by atoms with van der Waals surface area (Å²) in [6, 6.07) is 10.3. The second-order valence-corrected chi connectivity index (χ2v) is 5.21. The number of rotatable bonds is 3. The number of para-hydroxylation sites is 1. The molecule has 3 rings (SSSR count). The van der Waals surface area contributed by atoms with Gasteiger partial charge in [0.15, 0.2) is 0 Å². The number of hydrogen-bond donors (Lipinski definition) is 1. The molecule has 2 aromatic rings. The molecule has 1 aromatic heterocycles. The van der Waals surface area contributed by atoms with E-state index in [-0.39, 0.29) is 0 Å². The van der Waals surface area contributed by atoms with Crippen LogP contribution in [0.15, 0.2) is 30.3 Å². The molecule has 0 radical (unpaired) electrons. The van der Waals surface area contributed by atoms with Crippen molar-refractivity contribution in [1.82, 2.24) is 15.2 Å². The van der Waals surface area contributed by atoms with Crippen molar-refractivity contribution in [2.24, 2.45) is 0 Å². The van der Waals surface area contributed by atoms with E-state index in [9.17, 15) is 0 Å². The third-order valence-electron chi connectivity index (χ3n) is 3.78. The average molecular weight is 271 g/mol. The van der Waals surface area contributed by atoms with Crippen molar-refractivity contribution in [1.29, 1.82) is 0 Å². The number of hydrogen-bond acceptors (Lipinski definition) is 4. The molecule has 1 aliphatic rings. The molecule has 2 heterocycles. The Kier molecular flexibility index (Phi) is 4.14. The fraction of sp³-hybridized carbons (Fsp3) is 0.438. The van der Waals surface area contributed by atoms with Crippen LogP contribution in [0.4, 0.5) is 0 Å². The summed E-state index contributed by atoms with van der Waals surface area (Å²) in [5.74, 6) is 0.849. The second kappa shape index (κ2) is 6.20. The van der Waals surface area contributed by atoms with Crippen LogP contribution in [-0.4, -0.2) is 43.2 Å². The van der Waals surface area contributed by atoms with Gasteiger partial charge in [0.1, 0.15) is 11.3 Å². The number of ether oxygens (including phenoxy) is 1. The lowest BCUT2D eigenvalue weighted by Crippen LogP contribution is -2.28. The Balaban J connectivity index is 1.84. The number of nitrogens with zero attached hydrogens (tertiary/aromatic N) is 2.